The molecule has 1 saturated carbocycles. The average Bonchev–Trinajstić information content (AvgIpc) is 3.03. The lowest BCUT2D eigenvalue weighted by Crippen LogP contribution is -2.60. The summed E-state index contributed by atoms with van der Waals surface area (Å²) in [5, 5.41) is 3.47. The van der Waals surface area contributed by atoms with E-state index in [9.17, 15) is 0 Å². The molecule has 3 rings (SSSR count). The molecular formula is C17H34N4. The molecule has 21 heavy (non-hydrogen) atoms. The van der Waals surface area contributed by atoms with Crippen LogP contribution in [0.3, 0.4) is 0 Å². The zero-order valence-corrected chi connectivity index (χ0v) is 14.1. The molecule has 0 unspecified atom stereocenters. The van der Waals surface area contributed by atoms with Crippen LogP contribution < -0.4 is 5.32 Å². The highest BCUT2D eigenvalue weighted by Gasteiger charge is 2.32. The molecule has 2 heterocycles. The average molecular weight is 294 g/mol. The van der Waals surface area contributed by atoms with Gasteiger partial charge in [-0.3, -0.25) is 14.7 Å². The van der Waals surface area contributed by atoms with Crippen molar-refractivity contribution >= 4 is 0 Å². The molecule has 0 radical (unpaired) electrons. The van der Waals surface area contributed by atoms with Crippen molar-refractivity contribution in [3.8, 4) is 0 Å². The SMILES string of the molecule is CC(C)(CN1CCN(C2CCCC2)CC1)N1CCNCC1. The van der Waals surface area contributed by atoms with Crippen molar-refractivity contribution < 1.29 is 0 Å². The molecule has 0 amide bonds. The molecule has 2 aliphatic heterocycles. The second-order valence-corrected chi connectivity index (χ2v) is 7.80. The monoisotopic (exact) mass is 294 g/mol. The number of hydrogen-bond acceptors (Lipinski definition) is 4. The number of nitrogens with one attached hydrogen (secondary N) is 1. The summed E-state index contributed by atoms with van der Waals surface area (Å²) in [7, 11) is 0. The Morgan fingerprint density at radius 3 is 2.14 bits per heavy atom. The molecule has 0 aromatic rings. The Labute approximate surface area is 130 Å². The molecule has 4 heteroatoms. The van der Waals surface area contributed by atoms with Crippen molar-refractivity contribution in [3.63, 3.8) is 0 Å². The van der Waals surface area contributed by atoms with E-state index in [4.69, 9.17) is 0 Å². The summed E-state index contributed by atoms with van der Waals surface area (Å²) in [5.41, 5.74) is 0.317. The van der Waals surface area contributed by atoms with Crippen molar-refractivity contribution in [2.24, 2.45) is 0 Å². The van der Waals surface area contributed by atoms with Crippen molar-refractivity contribution in [2.45, 2.75) is 51.1 Å². The smallest absolute Gasteiger partial charge is 0.0281 e. The predicted octanol–water partition coefficient (Wildman–Crippen LogP) is 1.23. The Morgan fingerprint density at radius 2 is 1.52 bits per heavy atom. The second kappa shape index (κ2) is 6.95. The van der Waals surface area contributed by atoms with Crippen LogP contribution in [-0.2, 0) is 0 Å². The molecule has 122 valence electrons. The van der Waals surface area contributed by atoms with Gasteiger partial charge in [-0.25, -0.2) is 0 Å². The van der Waals surface area contributed by atoms with Gasteiger partial charge < -0.3 is 5.32 Å². The van der Waals surface area contributed by atoms with Gasteiger partial charge in [0.25, 0.3) is 0 Å². The van der Waals surface area contributed by atoms with Crippen molar-refractivity contribution in [1.82, 2.24) is 20.0 Å². The quantitative estimate of drug-likeness (QED) is 0.842. The minimum atomic E-state index is 0.317. The number of rotatable bonds is 4. The second-order valence-electron chi connectivity index (χ2n) is 7.80. The third kappa shape index (κ3) is 3.98. The van der Waals surface area contributed by atoms with Gasteiger partial charge in [0.15, 0.2) is 0 Å². The van der Waals surface area contributed by atoms with Crippen LogP contribution in [0, 0.1) is 0 Å². The van der Waals surface area contributed by atoms with E-state index >= 15 is 0 Å². The minimum absolute atomic E-state index is 0.317. The Hall–Kier alpha value is -0.160. The van der Waals surface area contributed by atoms with Crippen LogP contribution in [0.5, 0.6) is 0 Å². The molecule has 1 aliphatic carbocycles. The summed E-state index contributed by atoms with van der Waals surface area (Å²) in [5.74, 6) is 0. The van der Waals surface area contributed by atoms with E-state index in [1.54, 1.807) is 0 Å². The Bertz CT molecular complexity index is 311. The summed E-state index contributed by atoms with van der Waals surface area (Å²) < 4.78 is 0. The maximum Gasteiger partial charge on any atom is 0.0281 e. The molecule has 0 aromatic carbocycles. The lowest BCUT2D eigenvalue weighted by atomic mass is 10.00. The number of hydrogen-bond donors (Lipinski definition) is 1. The highest BCUT2D eigenvalue weighted by molar-refractivity contribution is 4.90. The first-order valence-electron chi connectivity index (χ1n) is 9.07. The highest BCUT2D eigenvalue weighted by Crippen LogP contribution is 2.25. The van der Waals surface area contributed by atoms with Crippen molar-refractivity contribution in [3.05, 3.63) is 0 Å². The molecule has 1 N–H and O–H groups in total. The lowest BCUT2D eigenvalue weighted by Gasteiger charge is -2.46. The van der Waals surface area contributed by atoms with Crippen LogP contribution in [0.2, 0.25) is 0 Å². The first-order chi connectivity index (χ1) is 10.1. The van der Waals surface area contributed by atoms with Gasteiger partial charge in [0.1, 0.15) is 0 Å². The molecule has 3 fully saturated rings. The standard InChI is InChI=1S/C17H34N4/c1-17(2,21-9-7-18-8-10-21)15-19-11-13-20(14-12-19)16-5-3-4-6-16/h16,18H,3-15H2,1-2H3. The molecule has 0 atom stereocenters. The van der Waals surface area contributed by atoms with E-state index in [2.05, 4.69) is 33.9 Å². The first-order valence-corrected chi connectivity index (χ1v) is 9.07. The summed E-state index contributed by atoms with van der Waals surface area (Å²) >= 11 is 0. The molecule has 0 aromatic heterocycles. The van der Waals surface area contributed by atoms with E-state index in [0.29, 0.717) is 5.54 Å². The Kier molecular flexibility index (Phi) is 5.20. The summed E-state index contributed by atoms with van der Waals surface area (Å²) in [4.78, 5) is 8.14. The van der Waals surface area contributed by atoms with Crippen molar-refractivity contribution in [2.75, 3.05) is 58.9 Å². The Morgan fingerprint density at radius 1 is 0.905 bits per heavy atom. The van der Waals surface area contributed by atoms with E-state index in [-0.39, 0.29) is 0 Å². The van der Waals surface area contributed by atoms with Crippen molar-refractivity contribution in [1.29, 1.82) is 0 Å². The van der Waals surface area contributed by atoms with Gasteiger partial charge >= 0.3 is 0 Å². The van der Waals surface area contributed by atoms with Gasteiger partial charge in [-0.2, -0.15) is 0 Å². The van der Waals surface area contributed by atoms with Gasteiger partial charge in [-0.05, 0) is 26.7 Å². The third-order valence-electron chi connectivity index (χ3n) is 5.83. The Balaban J connectivity index is 1.45. The van der Waals surface area contributed by atoms with E-state index < -0.39 is 0 Å². The van der Waals surface area contributed by atoms with Crippen LogP contribution in [-0.4, -0.2) is 85.2 Å². The topological polar surface area (TPSA) is 21.8 Å². The lowest BCUT2D eigenvalue weighted by molar-refractivity contribution is 0.0327. The highest BCUT2D eigenvalue weighted by atomic mass is 15.3. The van der Waals surface area contributed by atoms with Crippen LogP contribution >= 0.6 is 0 Å². The zero-order chi connectivity index (χ0) is 14.7. The largest absolute Gasteiger partial charge is 0.314 e. The number of nitrogens with zero attached hydrogens (tertiary/aromatic N) is 3. The maximum atomic E-state index is 3.47. The van der Waals surface area contributed by atoms with Gasteiger partial charge in [-0.1, -0.05) is 12.8 Å². The van der Waals surface area contributed by atoms with Gasteiger partial charge in [-0.15, -0.1) is 0 Å². The normalized spacial score (nSPS) is 28.3. The van der Waals surface area contributed by atoms with Crippen LogP contribution in [0.15, 0.2) is 0 Å². The van der Waals surface area contributed by atoms with Gasteiger partial charge in [0, 0.05) is 70.5 Å². The van der Waals surface area contributed by atoms with E-state index in [1.807, 2.05) is 0 Å². The minimum Gasteiger partial charge on any atom is -0.314 e. The molecule has 0 bridgehead atoms. The maximum absolute atomic E-state index is 3.47. The fourth-order valence-corrected chi connectivity index (χ4v) is 4.47. The summed E-state index contributed by atoms with van der Waals surface area (Å²) in [6.07, 6.45) is 5.82. The molecule has 2 saturated heterocycles. The van der Waals surface area contributed by atoms with Crippen LogP contribution in [0.4, 0.5) is 0 Å². The fourth-order valence-electron chi connectivity index (χ4n) is 4.47. The van der Waals surface area contributed by atoms with E-state index in [0.717, 1.165) is 19.1 Å². The predicted molar refractivity (Wildman–Crippen MR) is 88.8 cm³/mol. The zero-order valence-electron chi connectivity index (χ0n) is 14.1. The van der Waals surface area contributed by atoms with Gasteiger partial charge in [0.05, 0.1) is 0 Å². The first kappa shape index (κ1) is 15.7. The summed E-state index contributed by atoms with van der Waals surface area (Å²) in [6, 6.07) is 0.910. The molecular weight excluding hydrogens is 260 g/mol. The number of piperazine rings is 2. The van der Waals surface area contributed by atoms with Crippen LogP contribution in [0.25, 0.3) is 0 Å². The van der Waals surface area contributed by atoms with Gasteiger partial charge in [0.2, 0.25) is 0 Å². The fraction of sp³-hybridized carbons (Fsp3) is 1.00. The van der Waals surface area contributed by atoms with E-state index in [1.165, 1.54) is 71.5 Å². The molecule has 0 spiro atoms. The third-order valence-corrected chi connectivity index (χ3v) is 5.83. The summed E-state index contributed by atoms with van der Waals surface area (Å²) in [6.45, 7) is 15.9. The molecule has 4 nitrogen and oxygen atoms in total. The molecule has 3 aliphatic rings. The van der Waals surface area contributed by atoms with Crippen LogP contribution in [0.1, 0.15) is 39.5 Å².